The minimum Gasteiger partial charge on any atom is -0.466 e. The van der Waals surface area contributed by atoms with E-state index in [0.29, 0.717) is 29.9 Å². The largest absolute Gasteiger partial charge is 0.466 e. The molecule has 3 rings (SSSR count). The van der Waals surface area contributed by atoms with Crippen molar-refractivity contribution >= 4 is 28.6 Å². The van der Waals surface area contributed by atoms with Gasteiger partial charge in [-0.3, -0.25) is 24.1 Å². The average molecular weight is 416 g/mol. The van der Waals surface area contributed by atoms with Gasteiger partial charge in [-0.25, -0.2) is 0 Å². The predicted molar refractivity (Wildman–Crippen MR) is 114 cm³/mol. The molecule has 9 nitrogen and oxygen atoms in total. The van der Waals surface area contributed by atoms with Crippen LogP contribution in [0.15, 0.2) is 21.7 Å². The van der Waals surface area contributed by atoms with Crippen LogP contribution in [-0.4, -0.2) is 52.2 Å². The standard InChI is InChI=1S/C21H28N4O5/c1-5-30-21(29)14-7-6-8-25(11-14)12-18(26)22-15-10-17-16(9-13(15)2)23(3)19(27)20(28)24(17)4/h9-10,14H,5-8,11-12H2,1-4H3,(H,22,26)/t14-/m1/s1. The fraction of sp³-hybridized carbons (Fsp3) is 0.524. The van der Waals surface area contributed by atoms with Gasteiger partial charge in [0.25, 0.3) is 0 Å². The fourth-order valence-corrected chi connectivity index (χ4v) is 3.90. The van der Waals surface area contributed by atoms with Gasteiger partial charge in [0, 0.05) is 26.3 Å². The van der Waals surface area contributed by atoms with Gasteiger partial charge < -0.3 is 19.2 Å². The monoisotopic (exact) mass is 416 g/mol. The highest BCUT2D eigenvalue weighted by molar-refractivity contribution is 5.95. The molecule has 2 aromatic rings. The summed E-state index contributed by atoms with van der Waals surface area (Å²) in [7, 11) is 3.09. The molecule has 0 spiro atoms. The number of fused-ring (bicyclic) bond motifs is 1. The quantitative estimate of drug-likeness (QED) is 0.570. The number of benzene rings is 1. The van der Waals surface area contributed by atoms with Crippen LogP contribution in [-0.2, 0) is 28.4 Å². The Morgan fingerprint density at radius 2 is 1.77 bits per heavy atom. The van der Waals surface area contributed by atoms with Gasteiger partial charge in [0.1, 0.15) is 0 Å². The number of nitrogens with one attached hydrogen (secondary N) is 1. The van der Waals surface area contributed by atoms with Crippen LogP contribution in [0.25, 0.3) is 11.0 Å². The van der Waals surface area contributed by atoms with Crippen LogP contribution in [0, 0.1) is 12.8 Å². The van der Waals surface area contributed by atoms with Crippen LogP contribution < -0.4 is 16.4 Å². The Labute approximate surface area is 174 Å². The first-order valence-corrected chi connectivity index (χ1v) is 10.1. The Kier molecular flexibility index (Phi) is 6.40. The van der Waals surface area contributed by atoms with E-state index in [0.717, 1.165) is 24.9 Å². The summed E-state index contributed by atoms with van der Waals surface area (Å²) in [6.07, 6.45) is 1.61. The number of anilines is 1. The third-order valence-electron chi connectivity index (χ3n) is 5.60. The van der Waals surface area contributed by atoms with Gasteiger partial charge >= 0.3 is 17.1 Å². The van der Waals surface area contributed by atoms with Gasteiger partial charge in [0.2, 0.25) is 5.91 Å². The lowest BCUT2D eigenvalue weighted by Crippen LogP contribution is -2.43. The van der Waals surface area contributed by atoms with Crippen molar-refractivity contribution in [1.29, 1.82) is 0 Å². The molecule has 1 aromatic carbocycles. The van der Waals surface area contributed by atoms with Crippen LogP contribution in [0.2, 0.25) is 0 Å². The number of hydrogen-bond acceptors (Lipinski definition) is 6. The topological polar surface area (TPSA) is 103 Å². The SMILES string of the molecule is CCOC(=O)[C@@H]1CCCN(CC(=O)Nc2cc3c(cc2C)n(C)c(=O)c(=O)n3C)C1. The highest BCUT2D eigenvalue weighted by Gasteiger charge is 2.27. The molecule has 1 fully saturated rings. The summed E-state index contributed by atoms with van der Waals surface area (Å²) in [5.74, 6) is -0.610. The number of esters is 1. The van der Waals surface area contributed by atoms with Crippen molar-refractivity contribution in [1.82, 2.24) is 14.0 Å². The highest BCUT2D eigenvalue weighted by atomic mass is 16.5. The Hall–Kier alpha value is -2.94. The summed E-state index contributed by atoms with van der Waals surface area (Å²) in [6, 6.07) is 3.49. The van der Waals surface area contributed by atoms with Crippen LogP contribution >= 0.6 is 0 Å². The van der Waals surface area contributed by atoms with Crippen molar-refractivity contribution in [3.63, 3.8) is 0 Å². The Bertz CT molecular complexity index is 1100. The molecule has 1 aliphatic heterocycles. The smallest absolute Gasteiger partial charge is 0.316 e. The molecule has 9 heteroatoms. The summed E-state index contributed by atoms with van der Waals surface area (Å²) < 4.78 is 7.72. The van der Waals surface area contributed by atoms with Crippen molar-refractivity contribution < 1.29 is 14.3 Å². The zero-order chi connectivity index (χ0) is 22.0. The normalized spacial score (nSPS) is 17.1. The van der Waals surface area contributed by atoms with Gasteiger partial charge in [-0.2, -0.15) is 0 Å². The molecule has 0 aliphatic carbocycles. The Morgan fingerprint density at radius 3 is 2.40 bits per heavy atom. The first-order chi connectivity index (χ1) is 14.2. The maximum atomic E-state index is 12.7. The molecule has 30 heavy (non-hydrogen) atoms. The van der Waals surface area contributed by atoms with E-state index in [4.69, 9.17) is 4.74 Å². The summed E-state index contributed by atoms with van der Waals surface area (Å²) in [6.45, 7) is 5.38. The maximum absolute atomic E-state index is 12.7. The molecule has 1 N–H and O–H groups in total. The molecule has 0 radical (unpaired) electrons. The van der Waals surface area contributed by atoms with E-state index in [-0.39, 0.29) is 24.3 Å². The number of carbonyl (C=O) groups is 2. The predicted octanol–water partition coefficient (Wildman–Crippen LogP) is 0.759. The molecule has 0 saturated carbocycles. The number of hydrogen-bond donors (Lipinski definition) is 1. The molecule has 1 amide bonds. The van der Waals surface area contributed by atoms with E-state index in [1.807, 2.05) is 11.8 Å². The van der Waals surface area contributed by atoms with E-state index >= 15 is 0 Å². The van der Waals surface area contributed by atoms with E-state index < -0.39 is 11.1 Å². The fourth-order valence-electron chi connectivity index (χ4n) is 3.90. The lowest BCUT2D eigenvalue weighted by atomic mass is 9.98. The molecular weight excluding hydrogens is 388 g/mol. The third-order valence-corrected chi connectivity index (χ3v) is 5.60. The molecule has 1 atom stereocenters. The van der Waals surface area contributed by atoms with E-state index in [2.05, 4.69) is 5.32 Å². The lowest BCUT2D eigenvalue weighted by Gasteiger charge is -2.30. The summed E-state index contributed by atoms with van der Waals surface area (Å²) >= 11 is 0. The van der Waals surface area contributed by atoms with Crippen LogP contribution in [0.1, 0.15) is 25.3 Å². The minimum absolute atomic E-state index is 0.166. The second-order valence-electron chi connectivity index (χ2n) is 7.76. The molecule has 0 unspecified atom stereocenters. The van der Waals surface area contributed by atoms with E-state index in [1.165, 1.54) is 16.2 Å². The number of amides is 1. The van der Waals surface area contributed by atoms with Gasteiger partial charge in [0.05, 0.1) is 30.1 Å². The molecule has 0 bridgehead atoms. The first kappa shape index (κ1) is 21.8. The van der Waals surface area contributed by atoms with Crippen molar-refractivity contribution in [3.8, 4) is 0 Å². The Morgan fingerprint density at radius 1 is 1.13 bits per heavy atom. The zero-order valence-electron chi connectivity index (χ0n) is 17.9. The number of aromatic nitrogens is 2. The van der Waals surface area contributed by atoms with Gasteiger partial charge in [-0.15, -0.1) is 0 Å². The highest BCUT2D eigenvalue weighted by Crippen LogP contribution is 2.22. The van der Waals surface area contributed by atoms with E-state index in [9.17, 15) is 19.2 Å². The number of piperidine rings is 1. The van der Waals surface area contributed by atoms with Gasteiger partial charge in [0.15, 0.2) is 0 Å². The van der Waals surface area contributed by atoms with Crippen molar-refractivity contribution in [3.05, 3.63) is 38.4 Å². The Balaban J connectivity index is 1.77. The third kappa shape index (κ3) is 4.30. The number of ether oxygens (including phenoxy) is 1. The number of likely N-dealkylation sites (tertiary alicyclic amines) is 1. The minimum atomic E-state index is -0.621. The first-order valence-electron chi connectivity index (χ1n) is 10.1. The van der Waals surface area contributed by atoms with Gasteiger partial charge in [-0.05, 0) is 50.9 Å². The maximum Gasteiger partial charge on any atom is 0.316 e. The average Bonchev–Trinajstić information content (AvgIpc) is 2.72. The number of rotatable bonds is 5. The van der Waals surface area contributed by atoms with Crippen LogP contribution in [0.4, 0.5) is 5.69 Å². The summed E-state index contributed by atoms with van der Waals surface area (Å²) in [5.41, 5.74) is 1.33. The molecule has 1 aliphatic rings. The summed E-state index contributed by atoms with van der Waals surface area (Å²) in [4.78, 5) is 50.8. The second kappa shape index (κ2) is 8.83. The lowest BCUT2D eigenvalue weighted by molar-refractivity contribution is -0.150. The summed E-state index contributed by atoms with van der Waals surface area (Å²) in [5, 5.41) is 2.90. The molecule has 2 heterocycles. The molecular formula is C21H28N4O5. The second-order valence-corrected chi connectivity index (χ2v) is 7.76. The molecule has 1 aromatic heterocycles. The number of aryl methyl sites for hydroxylation is 3. The van der Waals surface area contributed by atoms with Crippen LogP contribution in [0.5, 0.6) is 0 Å². The van der Waals surface area contributed by atoms with E-state index in [1.54, 1.807) is 26.1 Å². The number of carbonyl (C=O) groups excluding carboxylic acids is 2. The zero-order valence-corrected chi connectivity index (χ0v) is 17.9. The van der Waals surface area contributed by atoms with Crippen LogP contribution in [0.3, 0.4) is 0 Å². The molecule has 162 valence electrons. The van der Waals surface area contributed by atoms with Crippen molar-refractivity contribution in [2.45, 2.75) is 26.7 Å². The van der Waals surface area contributed by atoms with Gasteiger partial charge in [-0.1, -0.05) is 0 Å². The van der Waals surface area contributed by atoms with Crippen molar-refractivity contribution in [2.24, 2.45) is 20.0 Å². The van der Waals surface area contributed by atoms with Crippen molar-refractivity contribution in [2.75, 3.05) is 31.6 Å². The molecule has 1 saturated heterocycles. The number of nitrogens with zero attached hydrogens (tertiary/aromatic N) is 3.